The Balaban J connectivity index is 0.00000176. The minimum atomic E-state index is -1.14. The van der Waals surface area contributed by atoms with Crippen molar-refractivity contribution in [2.24, 2.45) is 0 Å². The van der Waals surface area contributed by atoms with Crippen LogP contribution in [0.4, 0.5) is 10.2 Å². The van der Waals surface area contributed by atoms with Gasteiger partial charge in [0, 0.05) is 28.4 Å². The molecule has 27 heavy (non-hydrogen) atoms. The summed E-state index contributed by atoms with van der Waals surface area (Å²) in [6.45, 7) is 8.80. The molecule has 1 aromatic heterocycles. The summed E-state index contributed by atoms with van der Waals surface area (Å²) in [6, 6.07) is 4.17. The largest absolute Gasteiger partial charge is 0.482 e. The number of halogens is 3. The van der Waals surface area contributed by atoms with Crippen molar-refractivity contribution in [3.05, 3.63) is 51.4 Å². The first kappa shape index (κ1) is 23.0. The summed E-state index contributed by atoms with van der Waals surface area (Å²) in [6.07, 6.45) is 0.797. The molecule has 3 N–H and O–H groups in total. The van der Waals surface area contributed by atoms with Gasteiger partial charge in [-0.1, -0.05) is 48.9 Å². The zero-order valence-electron chi connectivity index (χ0n) is 15.9. The normalized spacial score (nSPS) is 11.6. The molecule has 0 fully saturated rings. The van der Waals surface area contributed by atoms with Crippen molar-refractivity contribution in [2.45, 2.75) is 46.3 Å². The van der Waals surface area contributed by atoms with Gasteiger partial charge in [-0.25, -0.2) is 9.37 Å². The molecule has 0 aliphatic heterocycles. The first-order valence-electron chi connectivity index (χ1n) is 8.39. The summed E-state index contributed by atoms with van der Waals surface area (Å²) >= 11 is 12.1. The molecule has 0 bridgehead atoms. The number of pyridine rings is 1. The van der Waals surface area contributed by atoms with Crippen LogP contribution in [0.3, 0.4) is 0 Å². The van der Waals surface area contributed by atoms with Crippen molar-refractivity contribution in [2.75, 3.05) is 5.73 Å². The third-order valence-electron chi connectivity index (χ3n) is 3.18. The van der Waals surface area contributed by atoms with Crippen LogP contribution in [-0.2, 0) is 0 Å². The number of rotatable bonds is 3. The molecule has 1 atom stereocenters. The van der Waals surface area contributed by atoms with Crippen molar-refractivity contribution >= 4 is 29.0 Å². The number of hydrogen-bond acceptors (Lipinski definition) is 4. The van der Waals surface area contributed by atoms with E-state index in [1.54, 1.807) is 26.8 Å². The number of ether oxygens (including phenoxy) is 1. The molecular weight excluding hydrogens is 390 g/mol. The monoisotopic (exact) mass is 412 g/mol. The molecule has 2 aromatic rings. The Labute approximate surface area is 169 Å². The van der Waals surface area contributed by atoms with E-state index in [1.807, 2.05) is 13.8 Å². The predicted octanol–water partition coefficient (Wildman–Crippen LogP) is 5.40. The third kappa shape index (κ3) is 6.59. The van der Waals surface area contributed by atoms with E-state index in [0.29, 0.717) is 11.1 Å². The van der Waals surface area contributed by atoms with Gasteiger partial charge in [0.25, 0.3) is 0 Å². The summed E-state index contributed by atoms with van der Waals surface area (Å²) in [5.74, 6) is 5.27. The van der Waals surface area contributed by atoms with Crippen molar-refractivity contribution < 1.29 is 14.2 Å². The molecule has 0 spiro atoms. The number of nitrogens with two attached hydrogens (primary N) is 1. The Morgan fingerprint density at radius 2 is 1.93 bits per heavy atom. The number of benzene rings is 1. The Hall–Kier alpha value is -2.00. The fourth-order valence-corrected chi connectivity index (χ4v) is 2.69. The Bertz CT molecular complexity index is 856. The Morgan fingerprint density at radius 3 is 2.52 bits per heavy atom. The summed E-state index contributed by atoms with van der Waals surface area (Å²) < 4.78 is 19.5. The second-order valence-electron chi connectivity index (χ2n) is 5.93. The van der Waals surface area contributed by atoms with Gasteiger partial charge in [0.15, 0.2) is 11.6 Å². The number of aliphatic hydroxyl groups is 1. The molecular formula is C20H23Cl2FN2O2. The lowest BCUT2D eigenvalue weighted by molar-refractivity contribution is 0.143. The molecule has 0 amide bonds. The first-order valence-corrected chi connectivity index (χ1v) is 9.15. The van der Waals surface area contributed by atoms with Crippen molar-refractivity contribution in [3.8, 4) is 17.6 Å². The number of anilines is 1. The first-order chi connectivity index (χ1) is 12.6. The average molecular weight is 413 g/mol. The van der Waals surface area contributed by atoms with Crippen LogP contribution in [0.2, 0.25) is 10.0 Å². The lowest BCUT2D eigenvalue weighted by Gasteiger charge is -2.19. The van der Waals surface area contributed by atoms with Crippen molar-refractivity contribution in [1.29, 1.82) is 0 Å². The van der Waals surface area contributed by atoms with E-state index in [9.17, 15) is 9.50 Å². The Morgan fingerprint density at radius 1 is 1.30 bits per heavy atom. The SMILES string of the molecule is CC.CC(Oc1cc(C#CC(C)(C)O)cnc1N)c1c(Cl)ccc(F)c1Cl. The zero-order valence-corrected chi connectivity index (χ0v) is 17.4. The van der Waals surface area contributed by atoms with Crippen LogP contribution in [-0.4, -0.2) is 15.7 Å². The van der Waals surface area contributed by atoms with E-state index < -0.39 is 17.5 Å². The van der Waals surface area contributed by atoms with Gasteiger partial charge in [-0.3, -0.25) is 0 Å². The van der Waals surface area contributed by atoms with E-state index in [0.717, 1.165) is 0 Å². The molecule has 1 unspecified atom stereocenters. The quantitative estimate of drug-likeness (QED) is 0.522. The second kappa shape index (κ2) is 9.80. The smallest absolute Gasteiger partial charge is 0.166 e. The molecule has 1 heterocycles. The van der Waals surface area contributed by atoms with Crippen LogP contribution in [0.15, 0.2) is 24.4 Å². The highest BCUT2D eigenvalue weighted by Crippen LogP contribution is 2.35. The van der Waals surface area contributed by atoms with Crippen LogP contribution in [0.1, 0.15) is 51.8 Å². The molecule has 7 heteroatoms. The van der Waals surface area contributed by atoms with Gasteiger partial charge in [0.2, 0.25) is 0 Å². The standard InChI is InChI=1S/C18H17Cl2FN2O2.C2H6/c1-10(15-12(19)4-5-13(21)16(15)20)25-14-8-11(9-23-17(14)22)6-7-18(2,3)24;1-2/h4-5,8-10,24H,1-3H3,(H2,22,23);1-2H3. The zero-order chi connectivity index (χ0) is 20.8. The number of nitrogen functional groups attached to an aromatic ring is 1. The molecule has 4 nitrogen and oxygen atoms in total. The maximum absolute atomic E-state index is 13.7. The number of hydrogen-bond donors (Lipinski definition) is 2. The van der Waals surface area contributed by atoms with Gasteiger partial charge in [0.1, 0.15) is 17.5 Å². The van der Waals surface area contributed by atoms with Crippen molar-refractivity contribution in [3.63, 3.8) is 0 Å². The van der Waals surface area contributed by atoms with Gasteiger partial charge >= 0.3 is 0 Å². The maximum Gasteiger partial charge on any atom is 0.166 e. The van der Waals surface area contributed by atoms with Crippen LogP contribution >= 0.6 is 23.2 Å². The molecule has 0 saturated carbocycles. The van der Waals surface area contributed by atoms with Crippen LogP contribution in [0, 0.1) is 17.7 Å². The van der Waals surface area contributed by atoms with E-state index in [2.05, 4.69) is 16.8 Å². The molecule has 0 saturated heterocycles. The van der Waals surface area contributed by atoms with Gasteiger partial charge in [-0.15, -0.1) is 0 Å². The number of nitrogens with zero attached hydrogens (tertiary/aromatic N) is 1. The minimum Gasteiger partial charge on any atom is -0.482 e. The van der Waals surface area contributed by atoms with Crippen molar-refractivity contribution in [1.82, 2.24) is 4.98 Å². The van der Waals surface area contributed by atoms with E-state index in [1.165, 1.54) is 18.3 Å². The second-order valence-corrected chi connectivity index (χ2v) is 6.72. The topological polar surface area (TPSA) is 68.4 Å². The van der Waals surface area contributed by atoms with E-state index in [4.69, 9.17) is 33.7 Å². The number of aromatic nitrogens is 1. The third-order valence-corrected chi connectivity index (χ3v) is 3.90. The fraction of sp³-hybridized carbons (Fsp3) is 0.350. The summed E-state index contributed by atoms with van der Waals surface area (Å²) in [5.41, 5.74) is 5.51. The maximum atomic E-state index is 13.7. The molecule has 0 aliphatic rings. The highest BCUT2D eigenvalue weighted by Gasteiger charge is 2.19. The van der Waals surface area contributed by atoms with Crippen LogP contribution < -0.4 is 10.5 Å². The van der Waals surface area contributed by atoms with Gasteiger partial charge < -0.3 is 15.6 Å². The lowest BCUT2D eigenvalue weighted by atomic mass is 10.1. The summed E-state index contributed by atoms with van der Waals surface area (Å²) in [4.78, 5) is 4.02. The molecule has 0 aliphatic carbocycles. The average Bonchev–Trinajstić information content (AvgIpc) is 2.60. The highest BCUT2D eigenvalue weighted by atomic mass is 35.5. The molecule has 146 valence electrons. The lowest BCUT2D eigenvalue weighted by Crippen LogP contribution is -2.14. The summed E-state index contributed by atoms with van der Waals surface area (Å²) in [7, 11) is 0. The molecule has 2 rings (SSSR count). The Kier molecular flexibility index (Phi) is 8.36. The van der Waals surface area contributed by atoms with Crippen LogP contribution in [0.5, 0.6) is 5.75 Å². The minimum absolute atomic E-state index is 0.107. The fourth-order valence-electron chi connectivity index (χ4n) is 2.01. The highest BCUT2D eigenvalue weighted by molar-refractivity contribution is 6.36. The van der Waals surface area contributed by atoms with Gasteiger partial charge in [-0.2, -0.15) is 0 Å². The molecule has 0 radical (unpaired) electrons. The van der Waals surface area contributed by atoms with Gasteiger partial charge in [-0.05, 0) is 32.9 Å². The van der Waals surface area contributed by atoms with E-state index in [-0.39, 0.29) is 21.6 Å². The molecule has 1 aromatic carbocycles. The predicted molar refractivity (Wildman–Crippen MR) is 109 cm³/mol. The van der Waals surface area contributed by atoms with Gasteiger partial charge in [0.05, 0.1) is 5.02 Å². The van der Waals surface area contributed by atoms with E-state index >= 15 is 0 Å². The van der Waals surface area contributed by atoms with Crippen LogP contribution in [0.25, 0.3) is 0 Å². The summed E-state index contributed by atoms with van der Waals surface area (Å²) in [5, 5.41) is 9.84.